The van der Waals surface area contributed by atoms with E-state index in [1.807, 2.05) is 13.0 Å². The lowest BCUT2D eigenvalue weighted by molar-refractivity contribution is 0.546. The highest BCUT2D eigenvalue weighted by Gasteiger charge is 2.14. The van der Waals surface area contributed by atoms with E-state index >= 15 is 0 Å². The molecule has 0 radical (unpaired) electrons. The molecule has 0 saturated heterocycles. The predicted octanol–water partition coefficient (Wildman–Crippen LogP) is 1.51. The Bertz CT molecular complexity index is 585. The quantitative estimate of drug-likeness (QED) is 0.864. The number of benzene rings is 1. The van der Waals surface area contributed by atoms with E-state index in [-0.39, 0.29) is 11.7 Å². The molecule has 4 nitrogen and oxygen atoms in total. The molecule has 5 heteroatoms. The maximum atomic E-state index is 12.0. The zero-order chi connectivity index (χ0) is 11.9. The zero-order valence-electron chi connectivity index (χ0n) is 9.27. The van der Waals surface area contributed by atoms with Crippen LogP contribution in [0.5, 0.6) is 0 Å². The van der Waals surface area contributed by atoms with Crippen LogP contribution in [0.1, 0.15) is 13.0 Å². The molecule has 2 N–H and O–H groups in total. The summed E-state index contributed by atoms with van der Waals surface area (Å²) < 4.78 is 3.29. The first-order valence-electron chi connectivity index (χ1n) is 5.12. The van der Waals surface area contributed by atoms with Crippen LogP contribution in [0.4, 0.5) is 0 Å². The van der Waals surface area contributed by atoms with Crippen LogP contribution in [0.2, 0.25) is 5.02 Å². The molecule has 1 unspecified atom stereocenters. The van der Waals surface area contributed by atoms with Crippen molar-refractivity contribution in [3.63, 3.8) is 0 Å². The maximum Gasteiger partial charge on any atom is 0.329 e. The van der Waals surface area contributed by atoms with E-state index in [1.165, 1.54) is 0 Å². The molecule has 0 aliphatic carbocycles. The van der Waals surface area contributed by atoms with Gasteiger partial charge in [0, 0.05) is 24.7 Å². The Kier molecular flexibility index (Phi) is 2.78. The molecular formula is C11H14ClN3O. The number of rotatable bonds is 2. The van der Waals surface area contributed by atoms with Gasteiger partial charge in [0.15, 0.2) is 0 Å². The Morgan fingerprint density at radius 2 is 2.12 bits per heavy atom. The topological polar surface area (TPSA) is 52.9 Å². The summed E-state index contributed by atoms with van der Waals surface area (Å²) in [6.07, 6.45) is 0. The third kappa shape index (κ3) is 1.54. The van der Waals surface area contributed by atoms with Gasteiger partial charge in [-0.25, -0.2) is 4.79 Å². The second-order valence-corrected chi connectivity index (χ2v) is 4.37. The number of nitrogens with two attached hydrogens (primary N) is 1. The number of halogens is 1. The van der Waals surface area contributed by atoms with Crippen molar-refractivity contribution in [3.05, 3.63) is 33.7 Å². The van der Waals surface area contributed by atoms with Crippen molar-refractivity contribution < 1.29 is 0 Å². The van der Waals surface area contributed by atoms with Crippen molar-refractivity contribution in [2.45, 2.75) is 13.0 Å². The van der Waals surface area contributed by atoms with Crippen LogP contribution in [-0.2, 0) is 7.05 Å². The highest BCUT2D eigenvalue weighted by molar-refractivity contribution is 6.31. The van der Waals surface area contributed by atoms with E-state index in [9.17, 15) is 4.79 Å². The van der Waals surface area contributed by atoms with Crippen molar-refractivity contribution in [1.82, 2.24) is 9.13 Å². The Morgan fingerprint density at radius 3 is 2.75 bits per heavy atom. The highest BCUT2D eigenvalue weighted by atomic mass is 35.5. The van der Waals surface area contributed by atoms with Gasteiger partial charge in [0.05, 0.1) is 11.0 Å². The standard InChI is InChI=1S/C11H14ClN3O/c1-7(6-13)15-10-5-8(12)3-4-9(10)14(2)11(15)16/h3-5,7H,6,13H2,1-2H3. The lowest BCUT2D eigenvalue weighted by Crippen LogP contribution is -2.28. The van der Waals surface area contributed by atoms with Crippen LogP contribution in [0.3, 0.4) is 0 Å². The van der Waals surface area contributed by atoms with Crippen molar-refractivity contribution >= 4 is 22.6 Å². The molecule has 1 aromatic heterocycles. The van der Waals surface area contributed by atoms with E-state index in [4.69, 9.17) is 17.3 Å². The van der Waals surface area contributed by atoms with E-state index in [0.717, 1.165) is 11.0 Å². The Labute approximate surface area is 98.2 Å². The Morgan fingerprint density at radius 1 is 1.44 bits per heavy atom. The summed E-state index contributed by atoms with van der Waals surface area (Å²) in [7, 11) is 1.75. The third-order valence-electron chi connectivity index (χ3n) is 2.83. The Hall–Kier alpha value is -1.26. The molecule has 0 fully saturated rings. The summed E-state index contributed by atoms with van der Waals surface area (Å²) in [5.74, 6) is 0. The largest absolute Gasteiger partial charge is 0.329 e. The van der Waals surface area contributed by atoms with E-state index in [0.29, 0.717) is 11.6 Å². The lowest BCUT2D eigenvalue weighted by atomic mass is 10.3. The number of aryl methyl sites for hydroxylation is 1. The third-order valence-corrected chi connectivity index (χ3v) is 3.07. The molecule has 0 aliphatic rings. The molecule has 1 atom stereocenters. The number of hydrogen-bond acceptors (Lipinski definition) is 2. The molecule has 1 heterocycles. The SMILES string of the molecule is CC(CN)n1c(=O)n(C)c2ccc(Cl)cc21. The molecule has 2 aromatic rings. The smallest absolute Gasteiger partial charge is 0.328 e. The first-order valence-corrected chi connectivity index (χ1v) is 5.50. The van der Waals surface area contributed by atoms with Crippen LogP contribution in [0.15, 0.2) is 23.0 Å². The van der Waals surface area contributed by atoms with Gasteiger partial charge in [0.25, 0.3) is 0 Å². The van der Waals surface area contributed by atoms with Gasteiger partial charge in [-0.1, -0.05) is 11.6 Å². The average molecular weight is 240 g/mol. The van der Waals surface area contributed by atoms with Crippen LogP contribution < -0.4 is 11.4 Å². The molecule has 0 aliphatic heterocycles. The van der Waals surface area contributed by atoms with Gasteiger partial charge in [0.1, 0.15) is 0 Å². The zero-order valence-corrected chi connectivity index (χ0v) is 10.0. The van der Waals surface area contributed by atoms with Crippen LogP contribution in [0.25, 0.3) is 11.0 Å². The maximum absolute atomic E-state index is 12.0. The summed E-state index contributed by atoms with van der Waals surface area (Å²) >= 11 is 5.94. The van der Waals surface area contributed by atoms with Gasteiger partial charge in [-0.3, -0.25) is 9.13 Å². The first kappa shape index (κ1) is 11.2. The minimum atomic E-state index is -0.0600. The highest BCUT2D eigenvalue weighted by Crippen LogP contribution is 2.20. The minimum Gasteiger partial charge on any atom is -0.328 e. The summed E-state index contributed by atoms with van der Waals surface area (Å²) in [4.78, 5) is 12.0. The normalized spacial score (nSPS) is 13.2. The first-order chi connectivity index (χ1) is 7.56. The van der Waals surface area contributed by atoms with Crippen LogP contribution in [-0.4, -0.2) is 15.7 Å². The fourth-order valence-electron chi connectivity index (χ4n) is 1.87. The van der Waals surface area contributed by atoms with Gasteiger partial charge in [-0.05, 0) is 25.1 Å². The molecular weight excluding hydrogens is 226 g/mol. The second-order valence-electron chi connectivity index (χ2n) is 3.93. The monoisotopic (exact) mass is 239 g/mol. The summed E-state index contributed by atoms with van der Waals surface area (Å²) in [5, 5.41) is 0.621. The van der Waals surface area contributed by atoms with E-state index in [2.05, 4.69) is 0 Å². The fourth-order valence-corrected chi connectivity index (χ4v) is 2.04. The lowest BCUT2D eigenvalue weighted by Gasteiger charge is -2.10. The molecule has 0 spiro atoms. The van der Waals surface area contributed by atoms with Crippen molar-refractivity contribution in [2.24, 2.45) is 12.8 Å². The Balaban J connectivity index is 2.86. The average Bonchev–Trinajstić information content (AvgIpc) is 2.51. The fraction of sp³-hybridized carbons (Fsp3) is 0.364. The molecule has 16 heavy (non-hydrogen) atoms. The number of fused-ring (bicyclic) bond motifs is 1. The van der Waals surface area contributed by atoms with Gasteiger partial charge in [0.2, 0.25) is 0 Å². The van der Waals surface area contributed by atoms with E-state index < -0.39 is 0 Å². The second kappa shape index (κ2) is 3.96. The molecule has 1 aromatic carbocycles. The summed E-state index contributed by atoms with van der Waals surface area (Å²) in [6.45, 7) is 2.34. The number of aromatic nitrogens is 2. The molecule has 0 amide bonds. The number of hydrogen-bond donors (Lipinski definition) is 1. The van der Waals surface area contributed by atoms with Crippen molar-refractivity contribution in [2.75, 3.05) is 6.54 Å². The van der Waals surface area contributed by atoms with Gasteiger partial charge < -0.3 is 5.73 Å². The predicted molar refractivity (Wildman–Crippen MR) is 66.0 cm³/mol. The van der Waals surface area contributed by atoms with Crippen LogP contribution in [0, 0.1) is 0 Å². The summed E-state index contributed by atoms with van der Waals surface area (Å²) in [5.41, 5.74) is 7.25. The van der Waals surface area contributed by atoms with Crippen molar-refractivity contribution in [1.29, 1.82) is 0 Å². The molecule has 0 bridgehead atoms. The minimum absolute atomic E-state index is 0.0327. The number of nitrogens with zero attached hydrogens (tertiary/aromatic N) is 2. The summed E-state index contributed by atoms with van der Waals surface area (Å²) in [6, 6.07) is 5.39. The van der Waals surface area contributed by atoms with Gasteiger partial charge in [-0.2, -0.15) is 0 Å². The molecule has 86 valence electrons. The van der Waals surface area contributed by atoms with Crippen molar-refractivity contribution in [3.8, 4) is 0 Å². The van der Waals surface area contributed by atoms with Crippen LogP contribution >= 0.6 is 11.6 Å². The van der Waals surface area contributed by atoms with Gasteiger partial charge >= 0.3 is 5.69 Å². The molecule has 2 rings (SSSR count). The van der Waals surface area contributed by atoms with Gasteiger partial charge in [-0.15, -0.1) is 0 Å². The molecule has 0 saturated carbocycles. The van der Waals surface area contributed by atoms with E-state index in [1.54, 1.807) is 28.3 Å². The number of imidazole rings is 1.